The van der Waals surface area contributed by atoms with Crippen LogP contribution in [-0.4, -0.2) is 35.1 Å². The van der Waals surface area contributed by atoms with Crippen LogP contribution in [0.3, 0.4) is 0 Å². The summed E-state index contributed by atoms with van der Waals surface area (Å²) in [4.78, 5) is 12.1. The molecular weight excluding hydrogens is 366 g/mol. The minimum absolute atomic E-state index is 0.136. The van der Waals surface area contributed by atoms with E-state index >= 15 is 0 Å². The lowest BCUT2D eigenvalue weighted by atomic mass is 10.2. The van der Waals surface area contributed by atoms with Crippen LogP contribution >= 0.6 is 11.8 Å². The molecule has 4 rings (SSSR count). The molecule has 0 aliphatic carbocycles. The van der Waals surface area contributed by atoms with Gasteiger partial charge in [0.1, 0.15) is 13.2 Å². The highest BCUT2D eigenvalue weighted by atomic mass is 32.2. The Morgan fingerprint density at radius 1 is 1.07 bits per heavy atom. The molecule has 138 valence electrons. The van der Waals surface area contributed by atoms with E-state index in [1.54, 1.807) is 6.07 Å². The highest BCUT2D eigenvalue weighted by Gasteiger charge is 2.16. The summed E-state index contributed by atoms with van der Waals surface area (Å²) in [6.07, 6.45) is 0. The number of benzene rings is 2. The van der Waals surface area contributed by atoms with Gasteiger partial charge in [-0.15, -0.1) is 10.2 Å². The molecule has 1 N–H and O–H groups in total. The van der Waals surface area contributed by atoms with E-state index in [1.165, 1.54) is 11.8 Å². The van der Waals surface area contributed by atoms with Gasteiger partial charge < -0.3 is 19.2 Å². The topological polar surface area (TPSA) is 86.5 Å². The number of ether oxygens (including phenoxy) is 2. The molecule has 2 heterocycles. The Bertz CT molecular complexity index is 956. The highest BCUT2D eigenvalue weighted by Crippen LogP contribution is 2.34. The van der Waals surface area contributed by atoms with Gasteiger partial charge in [-0.3, -0.25) is 4.79 Å². The van der Waals surface area contributed by atoms with E-state index in [2.05, 4.69) is 15.5 Å². The number of hydrogen-bond donors (Lipinski definition) is 1. The van der Waals surface area contributed by atoms with Crippen molar-refractivity contribution in [1.29, 1.82) is 0 Å². The van der Waals surface area contributed by atoms with Crippen molar-refractivity contribution >= 4 is 23.4 Å². The highest BCUT2D eigenvalue weighted by molar-refractivity contribution is 7.99. The first-order valence-corrected chi connectivity index (χ1v) is 9.39. The SMILES string of the molecule is Cc1ccc(NC(=O)CSc2nnc(-c3ccc4c(c3)OCCO4)o2)cc1. The lowest BCUT2D eigenvalue weighted by Crippen LogP contribution is -2.15. The van der Waals surface area contributed by atoms with E-state index in [1.807, 2.05) is 43.3 Å². The molecule has 0 unspecified atom stereocenters. The van der Waals surface area contributed by atoms with E-state index in [0.29, 0.717) is 35.8 Å². The molecule has 0 spiro atoms. The van der Waals surface area contributed by atoms with Crippen LogP contribution < -0.4 is 14.8 Å². The van der Waals surface area contributed by atoms with E-state index in [4.69, 9.17) is 13.9 Å². The van der Waals surface area contributed by atoms with Crippen molar-refractivity contribution in [3.63, 3.8) is 0 Å². The maximum atomic E-state index is 12.1. The lowest BCUT2D eigenvalue weighted by Gasteiger charge is -2.18. The Kier molecular flexibility index (Phi) is 4.97. The van der Waals surface area contributed by atoms with Crippen LogP contribution in [0.25, 0.3) is 11.5 Å². The van der Waals surface area contributed by atoms with E-state index in [-0.39, 0.29) is 11.7 Å². The fourth-order valence-corrected chi connectivity index (χ4v) is 3.09. The molecule has 0 atom stereocenters. The zero-order valence-electron chi connectivity index (χ0n) is 14.6. The van der Waals surface area contributed by atoms with Gasteiger partial charge in [0.25, 0.3) is 5.22 Å². The second kappa shape index (κ2) is 7.71. The van der Waals surface area contributed by atoms with Gasteiger partial charge in [-0.2, -0.15) is 0 Å². The number of nitrogens with one attached hydrogen (secondary N) is 1. The van der Waals surface area contributed by atoms with E-state index in [0.717, 1.165) is 16.8 Å². The molecule has 7 nitrogen and oxygen atoms in total. The summed E-state index contributed by atoms with van der Waals surface area (Å²) in [7, 11) is 0. The molecule has 8 heteroatoms. The number of anilines is 1. The van der Waals surface area contributed by atoms with Crippen molar-refractivity contribution in [2.75, 3.05) is 24.3 Å². The molecular formula is C19H17N3O4S. The molecule has 1 aliphatic rings. The van der Waals surface area contributed by atoms with E-state index < -0.39 is 0 Å². The molecule has 1 amide bonds. The Hall–Kier alpha value is -3.00. The largest absolute Gasteiger partial charge is 0.486 e. The van der Waals surface area contributed by atoms with Crippen LogP contribution in [0.1, 0.15) is 5.56 Å². The van der Waals surface area contributed by atoms with Gasteiger partial charge in [0, 0.05) is 11.3 Å². The summed E-state index contributed by atoms with van der Waals surface area (Å²) in [6, 6.07) is 13.1. The molecule has 1 aromatic heterocycles. The van der Waals surface area contributed by atoms with Crippen molar-refractivity contribution in [3.8, 4) is 23.0 Å². The molecule has 27 heavy (non-hydrogen) atoms. The summed E-state index contributed by atoms with van der Waals surface area (Å²) in [6.45, 7) is 3.05. The minimum atomic E-state index is -0.136. The predicted octanol–water partition coefficient (Wildman–Crippen LogP) is 3.55. The van der Waals surface area contributed by atoms with Crippen molar-refractivity contribution in [2.24, 2.45) is 0 Å². The first kappa shape index (κ1) is 17.4. The maximum absolute atomic E-state index is 12.1. The van der Waals surface area contributed by atoms with Crippen LogP contribution in [0, 0.1) is 6.92 Å². The van der Waals surface area contributed by atoms with Crippen molar-refractivity contribution in [1.82, 2.24) is 10.2 Å². The second-order valence-corrected chi connectivity index (χ2v) is 6.86. The van der Waals surface area contributed by atoms with Gasteiger partial charge in [-0.1, -0.05) is 29.5 Å². The summed E-state index contributed by atoms with van der Waals surface area (Å²) >= 11 is 1.19. The van der Waals surface area contributed by atoms with Gasteiger partial charge in [0.15, 0.2) is 11.5 Å². The van der Waals surface area contributed by atoms with Gasteiger partial charge in [0.2, 0.25) is 11.8 Å². The Balaban J connectivity index is 1.36. The zero-order valence-corrected chi connectivity index (χ0v) is 15.4. The fourth-order valence-electron chi connectivity index (χ4n) is 2.52. The molecule has 0 bridgehead atoms. The number of aromatic nitrogens is 2. The molecule has 0 fully saturated rings. The number of rotatable bonds is 5. The van der Waals surface area contributed by atoms with Crippen molar-refractivity contribution in [3.05, 3.63) is 48.0 Å². The summed E-state index contributed by atoms with van der Waals surface area (Å²) < 4.78 is 16.7. The van der Waals surface area contributed by atoms with Crippen LogP contribution in [0.2, 0.25) is 0 Å². The molecule has 0 radical (unpaired) electrons. The maximum Gasteiger partial charge on any atom is 0.277 e. The number of carbonyl (C=O) groups excluding carboxylic acids is 1. The normalized spacial score (nSPS) is 12.6. The number of carbonyl (C=O) groups is 1. The molecule has 0 saturated heterocycles. The predicted molar refractivity (Wildman–Crippen MR) is 101 cm³/mol. The summed E-state index contributed by atoms with van der Waals surface area (Å²) in [5, 5.41) is 11.2. The van der Waals surface area contributed by atoms with Gasteiger partial charge in [-0.05, 0) is 37.3 Å². The number of nitrogens with zero attached hydrogens (tertiary/aromatic N) is 2. The standard InChI is InChI=1S/C19H17N3O4S/c1-12-2-5-14(6-3-12)20-17(23)11-27-19-22-21-18(26-19)13-4-7-15-16(10-13)25-9-8-24-15/h2-7,10H,8-9,11H2,1H3,(H,20,23). The summed E-state index contributed by atoms with van der Waals surface area (Å²) in [5.41, 5.74) is 2.64. The number of fused-ring (bicyclic) bond motifs is 1. The number of aryl methyl sites for hydroxylation is 1. The van der Waals surface area contributed by atoms with E-state index in [9.17, 15) is 4.79 Å². The fraction of sp³-hybridized carbons (Fsp3) is 0.211. The third kappa shape index (κ3) is 4.22. The first-order chi connectivity index (χ1) is 13.2. The van der Waals surface area contributed by atoms with Crippen LogP contribution in [-0.2, 0) is 4.79 Å². The average Bonchev–Trinajstić information content (AvgIpc) is 3.17. The molecule has 2 aromatic carbocycles. The number of thioether (sulfide) groups is 1. The van der Waals surface area contributed by atoms with Crippen molar-refractivity contribution < 1.29 is 18.7 Å². The van der Waals surface area contributed by atoms with Gasteiger partial charge in [0.05, 0.1) is 5.75 Å². The lowest BCUT2D eigenvalue weighted by molar-refractivity contribution is -0.113. The Morgan fingerprint density at radius 2 is 1.85 bits per heavy atom. The minimum Gasteiger partial charge on any atom is -0.486 e. The first-order valence-electron chi connectivity index (χ1n) is 8.40. The van der Waals surface area contributed by atoms with Crippen LogP contribution in [0.5, 0.6) is 11.5 Å². The van der Waals surface area contributed by atoms with Crippen molar-refractivity contribution in [2.45, 2.75) is 12.1 Å². The molecule has 3 aromatic rings. The summed E-state index contributed by atoms with van der Waals surface area (Å²) in [5.74, 6) is 1.77. The average molecular weight is 383 g/mol. The van der Waals surface area contributed by atoms with Gasteiger partial charge >= 0.3 is 0 Å². The monoisotopic (exact) mass is 383 g/mol. The quantitative estimate of drug-likeness (QED) is 0.674. The zero-order chi connectivity index (χ0) is 18.6. The number of amides is 1. The number of hydrogen-bond acceptors (Lipinski definition) is 7. The van der Waals surface area contributed by atoms with Crippen LogP contribution in [0.4, 0.5) is 5.69 Å². The third-order valence-corrected chi connectivity index (χ3v) is 4.68. The molecule has 0 saturated carbocycles. The van der Waals surface area contributed by atoms with Gasteiger partial charge in [-0.25, -0.2) is 0 Å². The Morgan fingerprint density at radius 3 is 2.67 bits per heavy atom. The smallest absolute Gasteiger partial charge is 0.277 e. The van der Waals surface area contributed by atoms with Crippen LogP contribution in [0.15, 0.2) is 52.1 Å². The Labute approximate surface area is 160 Å². The third-order valence-electron chi connectivity index (χ3n) is 3.86. The second-order valence-electron chi connectivity index (χ2n) is 5.93. The molecule has 1 aliphatic heterocycles.